The van der Waals surface area contributed by atoms with Gasteiger partial charge in [0.25, 0.3) is 11.8 Å². The predicted octanol–water partition coefficient (Wildman–Crippen LogP) is 3.49. The Labute approximate surface area is 193 Å². The maximum atomic E-state index is 13.1. The van der Waals surface area contributed by atoms with Crippen molar-refractivity contribution < 1.29 is 28.2 Å². The van der Waals surface area contributed by atoms with E-state index in [0.717, 1.165) is 6.08 Å². The highest BCUT2D eigenvalue weighted by Crippen LogP contribution is 2.24. The van der Waals surface area contributed by atoms with E-state index in [9.17, 15) is 18.8 Å². The first-order chi connectivity index (χ1) is 15.8. The van der Waals surface area contributed by atoms with Crippen LogP contribution in [0.25, 0.3) is 11.8 Å². The van der Waals surface area contributed by atoms with Crippen molar-refractivity contribution in [2.24, 2.45) is 0 Å². The summed E-state index contributed by atoms with van der Waals surface area (Å²) < 4.78 is 24.4. The summed E-state index contributed by atoms with van der Waals surface area (Å²) in [4.78, 5) is 35.9. The van der Waals surface area contributed by atoms with Gasteiger partial charge in [-0.25, -0.2) is 13.9 Å². The highest BCUT2D eigenvalue weighted by molar-refractivity contribution is 6.31. The standard InChI is InChI=1S/C23H19ClFN3O5/c1-14-19(22(24)28(27-14)17-7-5-16(25)6-8-17)11-12-21(30)33-13-20(29)26-23(31)15-3-9-18(32-2)10-4-15/h3-12H,13H2,1-2H3,(H,26,29,31)/b12-11+. The number of carbonyl (C=O) groups is 3. The number of benzene rings is 2. The van der Waals surface area contributed by atoms with Crippen molar-refractivity contribution in [2.45, 2.75) is 6.92 Å². The van der Waals surface area contributed by atoms with Crippen LogP contribution in [-0.4, -0.2) is 41.3 Å². The zero-order chi connectivity index (χ0) is 24.0. The quantitative estimate of drug-likeness (QED) is 0.418. The second-order valence-electron chi connectivity index (χ2n) is 6.72. The van der Waals surface area contributed by atoms with Gasteiger partial charge in [0, 0.05) is 17.2 Å². The molecule has 0 bridgehead atoms. The Morgan fingerprint density at radius 3 is 2.42 bits per heavy atom. The van der Waals surface area contributed by atoms with E-state index in [4.69, 9.17) is 21.1 Å². The molecule has 10 heteroatoms. The minimum atomic E-state index is -0.813. The van der Waals surface area contributed by atoms with Crippen molar-refractivity contribution in [3.63, 3.8) is 0 Å². The summed E-state index contributed by atoms with van der Waals surface area (Å²) in [7, 11) is 1.49. The average molecular weight is 472 g/mol. The number of nitrogens with zero attached hydrogens (tertiary/aromatic N) is 2. The van der Waals surface area contributed by atoms with Gasteiger partial charge >= 0.3 is 5.97 Å². The number of esters is 1. The van der Waals surface area contributed by atoms with E-state index < -0.39 is 30.2 Å². The number of ether oxygens (including phenoxy) is 2. The van der Waals surface area contributed by atoms with Crippen molar-refractivity contribution in [3.8, 4) is 11.4 Å². The lowest BCUT2D eigenvalue weighted by Gasteiger charge is -2.05. The van der Waals surface area contributed by atoms with Gasteiger partial charge in [-0.15, -0.1) is 0 Å². The number of carbonyl (C=O) groups excluding carboxylic acids is 3. The van der Waals surface area contributed by atoms with E-state index in [1.165, 1.54) is 54.3 Å². The number of imide groups is 1. The molecule has 1 heterocycles. The predicted molar refractivity (Wildman–Crippen MR) is 119 cm³/mol. The minimum absolute atomic E-state index is 0.214. The molecule has 2 amide bonds. The topological polar surface area (TPSA) is 99.5 Å². The smallest absolute Gasteiger partial charge is 0.331 e. The van der Waals surface area contributed by atoms with Gasteiger partial charge < -0.3 is 9.47 Å². The van der Waals surface area contributed by atoms with Crippen molar-refractivity contribution in [1.82, 2.24) is 15.1 Å². The normalized spacial score (nSPS) is 10.8. The zero-order valence-corrected chi connectivity index (χ0v) is 18.4. The van der Waals surface area contributed by atoms with Crippen LogP contribution in [0, 0.1) is 12.7 Å². The summed E-state index contributed by atoms with van der Waals surface area (Å²) in [5.41, 5.74) is 1.77. The lowest BCUT2D eigenvalue weighted by atomic mass is 10.2. The highest BCUT2D eigenvalue weighted by Gasteiger charge is 2.14. The largest absolute Gasteiger partial charge is 0.497 e. The van der Waals surface area contributed by atoms with Crippen LogP contribution in [0.1, 0.15) is 21.6 Å². The van der Waals surface area contributed by atoms with E-state index >= 15 is 0 Å². The van der Waals surface area contributed by atoms with Crippen LogP contribution >= 0.6 is 11.6 Å². The number of nitrogens with one attached hydrogen (secondary N) is 1. The maximum absolute atomic E-state index is 13.1. The van der Waals surface area contributed by atoms with Gasteiger partial charge in [0.2, 0.25) is 0 Å². The van der Waals surface area contributed by atoms with Crippen LogP contribution in [0.2, 0.25) is 5.15 Å². The molecule has 0 atom stereocenters. The third-order valence-electron chi connectivity index (χ3n) is 4.46. The van der Waals surface area contributed by atoms with Gasteiger partial charge in [-0.05, 0) is 61.5 Å². The fourth-order valence-electron chi connectivity index (χ4n) is 2.77. The molecule has 33 heavy (non-hydrogen) atoms. The zero-order valence-electron chi connectivity index (χ0n) is 17.7. The molecule has 0 aliphatic carbocycles. The van der Waals surface area contributed by atoms with Crippen molar-refractivity contribution in [2.75, 3.05) is 13.7 Å². The van der Waals surface area contributed by atoms with Crippen molar-refractivity contribution >= 4 is 35.5 Å². The Balaban J connectivity index is 1.56. The first-order valence-corrected chi connectivity index (χ1v) is 10.0. The number of methoxy groups -OCH3 is 1. The van der Waals surface area contributed by atoms with Crippen LogP contribution < -0.4 is 10.1 Å². The molecule has 1 aromatic heterocycles. The summed E-state index contributed by atoms with van der Waals surface area (Å²) in [5.74, 6) is -2.05. The molecule has 0 saturated heterocycles. The molecule has 0 unspecified atom stereocenters. The summed E-state index contributed by atoms with van der Waals surface area (Å²) in [6.07, 6.45) is 2.48. The third-order valence-corrected chi connectivity index (χ3v) is 4.82. The van der Waals surface area contributed by atoms with Crippen LogP contribution in [0.5, 0.6) is 5.75 Å². The fraction of sp³-hybridized carbons (Fsp3) is 0.130. The van der Waals surface area contributed by atoms with Gasteiger partial charge in [-0.1, -0.05) is 11.6 Å². The average Bonchev–Trinajstić information content (AvgIpc) is 3.10. The molecule has 8 nitrogen and oxygen atoms in total. The van der Waals surface area contributed by atoms with Crippen LogP contribution in [0.15, 0.2) is 54.6 Å². The molecule has 0 spiro atoms. The number of aryl methyl sites for hydroxylation is 1. The molecule has 0 radical (unpaired) electrons. The number of hydrogen-bond donors (Lipinski definition) is 1. The monoisotopic (exact) mass is 471 g/mol. The molecule has 3 aromatic rings. The van der Waals surface area contributed by atoms with E-state index in [0.29, 0.717) is 22.7 Å². The Kier molecular flexibility index (Phi) is 7.57. The first-order valence-electron chi connectivity index (χ1n) is 9.62. The second-order valence-corrected chi connectivity index (χ2v) is 7.08. The molecule has 1 N–H and O–H groups in total. The number of rotatable bonds is 7. The Hall–Kier alpha value is -3.98. The van der Waals surface area contributed by atoms with Gasteiger partial charge in [-0.2, -0.15) is 5.10 Å². The molecule has 2 aromatic carbocycles. The molecule has 0 saturated carbocycles. The van der Waals surface area contributed by atoms with Gasteiger partial charge in [0.1, 0.15) is 16.7 Å². The van der Waals surface area contributed by atoms with Crippen molar-refractivity contribution in [1.29, 1.82) is 0 Å². The summed E-state index contributed by atoms with van der Waals surface area (Å²) >= 11 is 6.34. The van der Waals surface area contributed by atoms with Gasteiger partial charge in [0.15, 0.2) is 6.61 Å². The van der Waals surface area contributed by atoms with E-state index in [2.05, 4.69) is 10.4 Å². The third kappa shape index (κ3) is 6.05. The molecule has 0 fully saturated rings. The molecular weight excluding hydrogens is 453 g/mol. The summed E-state index contributed by atoms with van der Waals surface area (Å²) in [5, 5.41) is 6.62. The highest BCUT2D eigenvalue weighted by atomic mass is 35.5. The van der Waals surface area contributed by atoms with Crippen LogP contribution in [0.4, 0.5) is 4.39 Å². The molecular formula is C23H19ClFN3O5. The SMILES string of the molecule is COc1ccc(C(=O)NC(=O)COC(=O)/C=C/c2c(C)nn(-c3ccc(F)cc3)c2Cl)cc1. The van der Waals surface area contributed by atoms with Gasteiger partial charge in [-0.3, -0.25) is 14.9 Å². The Morgan fingerprint density at radius 2 is 1.79 bits per heavy atom. The molecule has 0 aliphatic rings. The number of hydrogen-bond acceptors (Lipinski definition) is 6. The molecule has 3 rings (SSSR count). The Morgan fingerprint density at radius 1 is 1.12 bits per heavy atom. The number of amides is 2. The minimum Gasteiger partial charge on any atom is -0.497 e. The lowest BCUT2D eigenvalue weighted by Crippen LogP contribution is -2.34. The maximum Gasteiger partial charge on any atom is 0.331 e. The molecule has 0 aliphatic heterocycles. The van der Waals surface area contributed by atoms with E-state index in [1.54, 1.807) is 19.1 Å². The number of aromatic nitrogens is 2. The van der Waals surface area contributed by atoms with Crippen molar-refractivity contribution in [3.05, 3.63) is 82.4 Å². The fourth-order valence-corrected chi connectivity index (χ4v) is 3.10. The van der Waals surface area contributed by atoms with Crippen LogP contribution in [0.3, 0.4) is 0 Å². The molecule has 170 valence electrons. The van der Waals surface area contributed by atoms with Crippen LogP contribution in [-0.2, 0) is 14.3 Å². The summed E-state index contributed by atoms with van der Waals surface area (Å²) in [6.45, 7) is 1.04. The number of halogens is 2. The second kappa shape index (κ2) is 10.6. The lowest BCUT2D eigenvalue weighted by molar-refractivity contribution is -0.143. The van der Waals surface area contributed by atoms with Gasteiger partial charge in [0.05, 0.1) is 18.5 Å². The summed E-state index contributed by atoms with van der Waals surface area (Å²) in [6, 6.07) is 11.7. The first kappa shape index (κ1) is 23.7. The van der Waals surface area contributed by atoms with E-state index in [-0.39, 0.29) is 10.7 Å². The van der Waals surface area contributed by atoms with E-state index in [1.807, 2.05) is 0 Å². The Bertz CT molecular complexity index is 1200.